The van der Waals surface area contributed by atoms with E-state index in [1.165, 1.54) is 27.8 Å². The van der Waals surface area contributed by atoms with Gasteiger partial charge in [0.2, 0.25) is 0 Å². The molecule has 2 rings (SSSR count). The Morgan fingerprint density at radius 2 is 1.65 bits per heavy atom. The molecule has 0 unspecified atom stereocenters. The fourth-order valence-electron chi connectivity index (χ4n) is 2.43. The molecule has 0 amide bonds. The molecule has 20 heavy (non-hydrogen) atoms. The molecule has 0 fully saturated rings. The van der Waals surface area contributed by atoms with E-state index in [2.05, 4.69) is 68.5 Å². The molecule has 0 atom stereocenters. The number of hydrogen-bond donors (Lipinski definition) is 1. The number of rotatable bonds is 5. The van der Waals surface area contributed by atoms with Crippen molar-refractivity contribution in [1.82, 2.24) is 0 Å². The maximum absolute atomic E-state index is 5.57. The predicted molar refractivity (Wildman–Crippen MR) is 88.7 cm³/mol. The second-order valence-corrected chi connectivity index (χ2v) is 5.28. The van der Waals surface area contributed by atoms with Crippen molar-refractivity contribution in [1.29, 1.82) is 0 Å². The van der Waals surface area contributed by atoms with Crippen molar-refractivity contribution in [3.8, 4) is 0 Å². The van der Waals surface area contributed by atoms with E-state index in [1.54, 1.807) is 0 Å². The van der Waals surface area contributed by atoms with Gasteiger partial charge < -0.3 is 5.73 Å². The third kappa shape index (κ3) is 3.82. The third-order valence-corrected chi connectivity index (χ3v) is 3.61. The Morgan fingerprint density at radius 1 is 0.950 bits per heavy atom. The van der Waals surface area contributed by atoms with E-state index in [0.717, 1.165) is 19.4 Å². The highest BCUT2D eigenvalue weighted by Crippen LogP contribution is 2.17. The van der Waals surface area contributed by atoms with Crippen LogP contribution in [0.3, 0.4) is 0 Å². The van der Waals surface area contributed by atoms with Crippen molar-refractivity contribution in [2.75, 3.05) is 6.54 Å². The van der Waals surface area contributed by atoms with Gasteiger partial charge in [-0.15, -0.1) is 0 Å². The first-order valence-electron chi connectivity index (χ1n) is 7.24. The lowest BCUT2D eigenvalue weighted by atomic mass is 10.0. The van der Waals surface area contributed by atoms with E-state index >= 15 is 0 Å². The Bertz CT molecular complexity index is 576. The molecule has 104 valence electrons. The maximum Gasteiger partial charge on any atom is -0.00741 e. The SMILES string of the molecule is Cc1cccc(C)c1/C=C\c1cccc(CCCN)c1. The van der Waals surface area contributed by atoms with E-state index in [-0.39, 0.29) is 0 Å². The van der Waals surface area contributed by atoms with Crippen molar-refractivity contribution >= 4 is 12.2 Å². The average Bonchev–Trinajstić information content (AvgIpc) is 2.45. The van der Waals surface area contributed by atoms with Crippen molar-refractivity contribution < 1.29 is 0 Å². The van der Waals surface area contributed by atoms with Gasteiger partial charge in [0.05, 0.1) is 0 Å². The lowest BCUT2D eigenvalue weighted by Crippen LogP contribution is -2.00. The van der Waals surface area contributed by atoms with Gasteiger partial charge in [-0.2, -0.15) is 0 Å². The Morgan fingerprint density at radius 3 is 2.35 bits per heavy atom. The normalized spacial score (nSPS) is 11.2. The Labute approximate surface area is 122 Å². The predicted octanol–water partition coefficient (Wildman–Crippen LogP) is 4.37. The molecule has 1 heteroatoms. The topological polar surface area (TPSA) is 26.0 Å². The van der Waals surface area contributed by atoms with Gasteiger partial charge in [-0.3, -0.25) is 0 Å². The van der Waals surface area contributed by atoms with Crippen molar-refractivity contribution in [2.45, 2.75) is 26.7 Å². The van der Waals surface area contributed by atoms with Gasteiger partial charge in [-0.05, 0) is 61.1 Å². The summed E-state index contributed by atoms with van der Waals surface area (Å²) in [5.74, 6) is 0. The summed E-state index contributed by atoms with van der Waals surface area (Å²) in [6.45, 7) is 5.07. The highest BCUT2D eigenvalue weighted by atomic mass is 14.5. The molecule has 2 N–H and O–H groups in total. The molecule has 0 aliphatic rings. The summed E-state index contributed by atoms with van der Waals surface area (Å²) in [7, 11) is 0. The number of aryl methyl sites for hydroxylation is 3. The van der Waals surface area contributed by atoms with Gasteiger partial charge in [-0.25, -0.2) is 0 Å². The summed E-state index contributed by atoms with van der Waals surface area (Å²) < 4.78 is 0. The van der Waals surface area contributed by atoms with Gasteiger partial charge in [0.1, 0.15) is 0 Å². The lowest BCUT2D eigenvalue weighted by molar-refractivity contribution is 0.832. The summed E-state index contributed by atoms with van der Waals surface area (Å²) in [5.41, 5.74) is 12.1. The largest absolute Gasteiger partial charge is 0.330 e. The van der Waals surface area contributed by atoms with Crippen LogP contribution < -0.4 is 5.73 Å². The summed E-state index contributed by atoms with van der Waals surface area (Å²) >= 11 is 0. The van der Waals surface area contributed by atoms with Gasteiger partial charge >= 0.3 is 0 Å². The van der Waals surface area contributed by atoms with Crippen LogP contribution in [0.25, 0.3) is 12.2 Å². The van der Waals surface area contributed by atoms with Crippen LogP contribution in [0.1, 0.15) is 34.2 Å². The van der Waals surface area contributed by atoms with Gasteiger partial charge in [-0.1, -0.05) is 54.6 Å². The molecule has 0 heterocycles. The molecule has 0 spiro atoms. The van der Waals surface area contributed by atoms with Crippen molar-refractivity contribution in [3.63, 3.8) is 0 Å². The van der Waals surface area contributed by atoms with Crippen LogP contribution in [-0.4, -0.2) is 6.54 Å². The lowest BCUT2D eigenvalue weighted by Gasteiger charge is -2.05. The van der Waals surface area contributed by atoms with Crippen LogP contribution in [0.2, 0.25) is 0 Å². The third-order valence-electron chi connectivity index (χ3n) is 3.61. The molecule has 0 aliphatic carbocycles. The summed E-state index contributed by atoms with van der Waals surface area (Å²) in [4.78, 5) is 0. The van der Waals surface area contributed by atoms with Crippen molar-refractivity contribution in [3.05, 3.63) is 70.3 Å². The minimum Gasteiger partial charge on any atom is -0.330 e. The first-order chi connectivity index (χ1) is 9.70. The van der Waals surface area contributed by atoms with Crippen LogP contribution in [0.4, 0.5) is 0 Å². The van der Waals surface area contributed by atoms with Gasteiger partial charge in [0.25, 0.3) is 0 Å². The molecule has 2 aromatic carbocycles. The molecule has 0 aliphatic heterocycles. The molecule has 2 aromatic rings. The van der Waals surface area contributed by atoms with Crippen LogP contribution in [0, 0.1) is 13.8 Å². The molecule has 0 saturated carbocycles. The van der Waals surface area contributed by atoms with Crippen LogP contribution in [0.15, 0.2) is 42.5 Å². The van der Waals surface area contributed by atoms with Crippen LogP contribution in [0.5, 0.6) is 0 Å². The molecule has 0 radical (unpaired) electrons. The van der Waals surface area contributed by atoms with Crippen LogP contribution >= 0.6 is 0 Å². The van der Waals surface area contributed by atoms with Crippen molar-refractivity contribution in [2.24, 2.45) is 5.73 Å². The van der Waals surface area contributed by atoms with Gasteiger partial charge in [0.15, 0.2) is 0 Å². The van der Waals surface area contributed by atoms with E-state index in [9.17, 15) is 0 Å². The van der Waals surface area contributed by atoms with E-state index < -0.39 is 0 Å². The smallest absolute Gasteiger partial charge is 0.00741 e. The quantitative estimate of drug-likeness (QED) is 0.798. The minimum atomic E-state index is 0.752. The Balaban J connectivity index is 2.19. The maximum atomic E-state index is 5.57. The first-order valence-corrected chi connectivity index (χ1v) is 7.24. The van der Waals surface area contributed by atoms with Gasteiger partial charge in [0, 0.05) is 0 Å². The van der Waals surface area contributed by atoms with E-state index in [1.807, 2.05) is 0 Å². The minimum absolute atomic E-state index is 0.752. The Kier molecular flexibility index (Phi) is 5.14. The molecule has 0 saturated heterocycles. The monoisotopic (exact) mass is 265 g/mol. The second kappa shape index (κ2) is 7.06. The number of nitrogens with two attached hydrogens (primary N) is 1. The van der Waals surface area contributed by atoms with E-state index in [4.69, 9.17) is 5.73 Å². The zero-order chi connectivity index (χ0) is 14.4. The zero-order valence-corrected chi connectivity index (χ0v) is 12.4. The fourth-order valence-corrected chi connectivity index (χ4v) is 2.43. The highest BCUT2D eigenvalue weighted by Gasteiger charge is 1.98. The first kappa shape index (κ1) is 14.5. The second-order valence-electron chi connectivity index (χ2n) is 5.28. The Hall–Kier alpha value is -1.86. The summed E-state index contributed by atoms with van der Waals surface area (Å²) in [6, 6.07) is 15.1. The number of hydrogen-bond acceptors (Lipinski definition) is 1. The number of benzene rings is 2. The molecule has 1 nitrogen and oxygen atoms in total. The zero-order valence-electron chi connectivity index (χ0n) is 12.4. The summed E-state index contributed by atoms with van der Waals surface area (Å²) in [5, 5.41) is 0. The average molecular weight is 265 g/mol. The van der Waals surface area contributed by atoms with Crippen LogP contribution in [-0.2, 0) is 6.42 Å². The molecular formula is C19H23N. The molecule has 0 bridgehead atoms. The summed E-state index contributed by atoms with van der Waals surface area (Å²) in [6.07, 6.45) is 6.51. The fraction of sp³-hybridized carbons (Fsp3) is 0.263. The van der Waals surface area contributed by atoms with E-state index in [0.29, 0.717) is 0 Å². The molecule has 0 aromatic heterocycles. The highest BCUT2D eigenvalue weighted by molar-refractivity contribution is 5.72. The standard InChI is InChI=1S/C19H23N/c1-15-6-3-7-16(2)19(15)12-11-18-9-4-8-17(14-18)10-5-13-20/h3-4,6-9,11-12,14H,5,10,13,20H2,1-2H3/b12-11-. The molecular weight excluding hydrogens is 242 g/mol.